The minimum atomic E-state index is -0.508. The first-order valence-electron chi connectivity index (χ1n) is 12.6. The SMILES string of the molecule is CCSc1ccc2c(c1)N(CCCN1CCC(C(O)c3ccc(F)cc3)CC1)c1ccccc1S2. The fourth-order valence-corrected chi connectivity index (χ4v) is 6.95. The van der Waals surface area contributed by atoms with Gasteiger partial charge in [-0.05, 0) is 98.6 Å². The number of rotatable bonds is 8. The van der Waals surface area contributed by atoms with Gasteiger partial charge in [0.1, 0.15) is 5.82 Å². The molecule has 5 rings (SSSR count). The van der Waals surface area contributed by atoms with Crippen LogP contribution in [0.25, 0.3) is 0 Å². The van der Waals surface area contributed by atoms with E-state index in [-0.39, 0.29) is 11.7 Å². The molecule has 0 aromatic heterocycles. The summed E-state index contributed by atoms with van der Waals surface area (Å²) in [5.41, 5.74) is 3.46. The van der Waals surface area contributed by atoms with E-state index in [4.69, 9.17) is 0 Å². The molecule has 3 aromatic carbocycles. The summed E-state index contributed by atoms with van der Waals surface area (Å²) in [6.07, 6.45) is 2.53. The molecule has 35 heavy (non-hydrogen) atoms. The molecule has 3 nitrogen and oxygen atoms in total. The summed E-state index contributed by atoms with van der Waals surface area (Å²) in [5, 5.41) is 10.8. The quantitative estimate of drug-likeness (QED) is 0.320. The number of piperidine rings is 1. The van der Waals surface area contributed by atoms with E-state index in [0.717, 1.165) is 56.8 Å². The Labute approximate surface area is 216 Å². The lowest BCUT2D eigenvalue weighted by Crippen LogP contribution is -2.37. The van der Waals surface area contributed by atoms with Gasteiger partial charge in [-0.25, -0.2) is 4.39 Å². The fourth-order valence-electron chi connectivity index (χ4n) is 5.18. The molecule has 0 aliphatic carbocycles. The zero-order chi connectivity index (χ0) is 24.2. The number of likely N-dealkylation sites (tertiary alicyclic amines) is 1. The van der Waals surface area contributed by atoms with Crippen LogP contribution < -0.4 is 4.90 Å². The first-order valence-corrected chi connectivity index (χ1v) is 14.4. The number of anilines is 2. The molecule has 0 saturated carbocycles. The van der Waals surface area contributed by atoms with Crippen LogP contribution in [0.5, 0.6) is 0 Å². The zero-order valence-corrected chi connectivity index (χ0v) is 21.8. The van der Waals surface area contributed by atoms with Crippen molar-refractivity contribution in [1.82, 2.24) is 4.90 Å². The molecule has 0 radical (unpaired) electrons. The van der Waals surface area contributed by atoms with Gasteiger partial charge >= 0.3 is 0 Å². The summed E-state index contributed by atoms with van der Waals surface area (Å²) in [6, 6.07) is 21.9. The lowest BCUT2D eigenvalue weighted by molar-refractivity contribution is 0.0587. The number of para-hydroxylation sites is 1. The Kier molecular flexibility index (Phi) is 8.03. The molecule has 2 aliphatic heterocycles. The summed E-state index contributed by atoms with van der Waals surface area (Å²) in [7, 11) is 0. The van der Waals surface area contributed by atoms with E-state index in [0.29, 0.717) is 0 Å². The molecule has 3 aromatic rings. The third-order valence-electron chi connectivity index (χ3n) is 7.05. The van der Waals surface area contributed by atoms with Gasteiger partial charge in [-0.1, -0.05) is 43.0 Å². The van der Waals surface area contributed by atoms with Gasteiger partial charge in [-0.3, -0.25) is 0 Å². The first-order chi connectivity index (χ1) is 17.1. The molecule has 0 amide bonds. The van der Waals surface area contributed by atoms with Gasteiger partial charge in [-0.2, -0.15) is 0 Å². The van der Waals surface area contributed by atoms with Crippen molar-refractivity contribution in [3.63, 3.8) is 0 Å². The number of thioether (sulfide) groups is 1. The number of halogens is 1. The number of hydrogen-bond acceptors (Lipinski definition) is 5. The normalized spacial score (nSPS) is 17.2. The van der Waals surface area contributed by atoms with E-state index in [9.17, 15) is 9.50 Å². The van der Waals surface area contributed by atoms with Crippen LogP contribution >= 0.6 is 23.5 Å². The smallest absolute Gasteiger partial charge is 0.123 e. The van der Waals surface area contributed by atoms with Crippen LogP contribution in [0.3, 0.4) is 0 Å². The standard InChI is InChI=1S/C29H33FN2OS2/c1-2-34-24-12-13-28-26(20-24)32(25-6-3-4-7-27(25)35-28)17-5-16-31-18-14-22(15-19-31)29(33)21-8-10-23(30)11-9-21/h3-4,6-13,20,22,29,33H,2,5,14-19H2,1H3. The van der Waals surface area contributed by atoms with Gasteiger partial charge in [0.25, 0.3) is 0 Å². The van der Waals surface area contributed by atoms with Crippen LogP contribution in [-0.4, -0.2) is 41.9 Å². The molecule has 184 valence electrons. The fraction of sp³-hybridized carbons (Fsp3) is 0.379. The highest BCUT2D eigenvalue weighted by Gasteiger charge is 2.27. The van der Waals surface area contributed by atoms with Crippen molar-refractivity contribution >= 4 is 34.9 Å². The monoisotopic (exact) mass is 508 g/mol. The number of aliphatic hydroxyl groups excluding tert-OH is 1. The van der Waals surface area contributed by atoms with Crippen LogP contribution in [0.2, 0.25) is 0 Å². The van der Waals surface area contributed by atoms with Crippen molar-refractivity contribution in [2.45, 2.75) is 47.0 Å². The van der Waals surface area contributed by atoms with E-state index >= 15 is 0 Å². The van der Waals surface area contributed by atoms with Crippen LogP contribution in [0.15, 0.2) is 81.4 Å². The highest BCUT2D eigenvalue weighted by molar-refractivity contribution is 8.00. The third kappa shape index (κ3) is 5.72. The minimum absolute atomic E-state index is 0.240. The molecule has 6 heteroatoms. The topological polar surface area (TPSA) is 26.7 Å². The summed E-state index contributed by atoms with van der Waals surface area (Å²) in [5.74, 6) is 1.06. The summed E-state index contributed by atoms with van der Waals surface area (Å²) >= 11 is 3.77. The number of fused-ring (bicyclic) bond motifs is 2. The van der Waals surface area contributed by atoms with Crippen LogP contribution in [0.1, 0.15) is 37.9 Å². The molecule has 2 heterocycles. The third-order valence-corrected chi connectivity index (χ3v) is 9.06. The molecule has 1 N–H and O–H groups in total. The molecular weight excluding hydrogens is 475 g/mol. The maximum atomic E-state index is 13.2. The van der Waals surface area contributed by atoms with Crippen LogP contribution in [0, 0.1) is 11.7 Å². The number of benzene rings is 3. The van der Waals surface area contributed by atoms with E-state index < -0.39 is 6.10 Å². The van der Waals surface area contributed by atoms with Crippen LogP contribution in [0.4, 0.5) is 15.8 Å². The van der Waals surface area contributed by atoms with Crippen molar-refractivity contribution in [1.29, 1.82) is 0 Å². The largest absolute Gasteiger partial charge is 0.388 e. The van der Waals surface area contributed by atoms with Crippen LogP contribution in [-0.2, 0) is 0 Å². The van der Waals surface area contributed by atoms with Gasteiger partial charge in [0.15, 0.2) is 0 Å². The second-order valence-corrected chi connectivity index (χ2v) is 11.7. The maximum Gasteiger partial charge on any atom is 0.123 e. The van der Waals surface area contributed by atoms with E-state index in [1.165, 1.54) is 38.2 Å². The van der Waals surface area contributed by atoms with Crippen molar-refractivity contribution < 1.29 is 9.50 Å². The molecule has 1 atom stereocenters. The second kappa shape index (κ2) is 11.4. The Hall–Kier alpha value is -1.99. The average molecular weight is 509 g/mol. The van der Waals surface area contributed by atoms with Gasteiger partial charge in [0.2, 0.25) is 0 Å². The van der Waals surface area contributed by atoms with E-state index in [1.807, 2.05) is 23.5 Å². The maximum absolute atomic E-state index is 13.2. The highest BCUT2D eigenvalue weighted by atomic mass is 32.2. The second-order valence-electron chi connectivity index (χ2n) is 9.31. The van der Waals surface area contributed by atoms with Crippen molar-refractivity contribution in [3.8, 4) is 0 Å². The Morgan fingerprint density at radius 2 is 1.71 bits per heavy atom. The van der Waals surface area contributed by atoms with Crippen molar-refractivity contribution in [2.75, 3.05) is 36.8 Å². The molecule has 1 saturated heterocycles. The summed E-state index contributed by atoms with van der Waals surface area (Å²) in [6.45, 7) is 6.26. The van der Waals surface area contributed by atoms with Gasteiger partial charge in [0, 0.05) is 21.2 Å². The molecule has 1 fully saturated rings. The van der Waals surface area contributed by atoms with Crippen molar-refractivity contribution in [2.24, 2.45) is 5.92 Å². The van der Waals surface area contributed by atoms with Gasteiger partial charge in [0.05, 0.1) is 17.5 Å². The molecular formula is C29H33FN2OS2. The molecule has 0 bridgehead atoms. The van der Waals surface area contributed by atoms with Crippen molar-refractivity contribution in [3.05, 3.63) is 78.1 Å². The van der Waals surface area contributed by atoms with E-state index in [2.05, 4.69) is 59.2 Å². The Bertz CT molecular complexity index is 1130. The Morgan fingerprint density at radius 1 is 0.971 bits per heavy atom. The predicted octanol–water partition coefficient (Wildman–Crippen LogP) is 7.38. The highest BCUT2D eigenvalue weighted by Crippen LogP contribution is 2.49. The Balaban J connectivity index is 1.19. The first kappa shape index (κ1) is 24.7. The summed E-state index contributed by atoms with van der Waals surface area (Å²) < 4.78 is 13.2. The zero-order valence-electron chi connectivity index (χ0n) is 20.2. The van der Waals surface area contributed by atoms with Gasteiger partial charge in [-0.15, -0.1) is 11.8 Å². The van der Waals surface area contributed by atoms with E-state index in [1.54, 1.807) is 12.1 Å². The average Bonchev–Trinajstić information content (AvgIpc) is 2.89. The van der Waals surface area contributed by atoms with Gasteiger partial charge < -0.3 is 14.9 Å². The minimum Gasteiger partial charge on any atom is -0.388 e. The number of hydrogen-bond donors (Lipinski definition) is 1. The molecule has 2 aliphatic rings. The summed E-state index contributed by atoms with van der Waals surface area (Å²) in [4.78, 5) is 9.03. The lowest BCUT2D eigenvalue weighted by atomic mass is 9.87. The predicted molar refractivity (Wildman–Crippen MR) is 146 cm³/mol. The molecule has 1 unspecified atom stereocenters. The number of aliphatic hydroxyl groups is 1. The lowest BCUT2D eigenvalue weighted by Gasteiger charge is -2.36. The number of nitrogens with zero attached hydrogens (tertiary/aromatic N) is 2. The Morgan fingerprint density at radius 3 is 2.49 bits per heavy atom. The molecule has 0 spiro atoms.